The number of anilines is 2. The molecule has 4 aromatic rings. The third-order valence-electron chi connectivity index (χ3n) is 4.98. The summed E-state index contributed by atoms with van der Waals surface area (Å²) < 4.78 is 2.25. The van der Waals surface area contributed by atoms with E-state index in [9.17, 15) is 0 Å². The molecule has 0 bridgehead atoms. The number of nitrogens with two attached hydrogens (primary N) is 1. The van der Waals surface area contributed by atoms with Crippen molar-refractivity contribution in [3.8, 4) is 11.3 Å². The summed E-state index contributed by atoms with van der Waals surface area (Å²) in [6.07, 6.45) is 1.59. The highest BCUT2D eigenvalue weighted by molar-refractivity contribution is 5.94. The Morgan fingerprint density at radius 1 is 0.929 bits per heavy atom. The van der Waals surface area contributed by atoms with E-state index >= 15 is 0 Å². The predicted molar refractivity (Wildman–Crippen MR) is 116 cm³/mol. The van der Waals surface area contributed by atoms with Gasteiger partial charge in [0.25, 0.3) is 0 Å². The maximum absolute atomic E-state index is 6.48. The quantitative estimate of drug-likeness (QED) is 0.390. The highest BCUT2D eigenvalue weighted by atomic mass is 15.4. The van der Waals surface area contributed by atoms with Crippen LogP contribution in [0.15, 0.2) is 60.9 Å². The second-order valence-electron chi connectivity index (χ2n) is 7.50. The van der Waals surface area contributed by atoms with E-state index in [2.05, 4.69) is 78.6 Å². The fourth-order valence-corrected chi connectivity index (χ4v) is 3.58. The number of aryl methyl sites for hydroxylation is 2. The van der Waals surface area contributed by atoms with Gasteiger partial charge in [-0.15, -0.1) is 0 Å². The Labute approximate surface area is 165 Å². The molecule has 0 radical (unpaired) electrons. The lowest BCUT2D eigenvalue weighted by molar-refractivity contribution is 0.623. The first-order chi connectivity index (χ1) is 13.5. The zero-order chi connectivity index (χ0) is 19.8. The summed E-state index contributed by atoms with van der Waals surface area (Å²) >= 11 is 0. The summed E-state index contributed by atoms with van der Waals surface area (Å²) in [4.78, 5) is 9.10. The number of benzene rings is 2. The van der Waals surface area contributed by atoms with Crippen LogP contribution in [0, 0.1) is 13.8 Å². The number of hydrazine groups is 1. The van der Waals surface area contributed by atoms with Crippen molar-refractivity contribution < 1.29 is 0 Å². The average molecular weight is 371 g/mol. The summed E-state index contributed by atoms with van der Waals surface area (Å²) in [5.41, 5.74) is 6.45. The third kappa shape index (κ3) is 3.14. The van der Waals surface area contributed by atoms with Crippen LogP contribution in [0.25, 0.3) is 22.3 Å². The molecule has 0 aliphatic carbocycles. The normalized spacial score (nSPS) is 11.4. The smallest absolute Gasteiger partial charge is 0.160 e. The van der Waals surface area contributed by atoms with Crippen LogP contribution in [0.1, 0.15) is 31.0 Å². The SMILES string of the molecule is Cc1ccc(-c2cc3c(N(N)c4cccc(C)c4)ncnc3n2C(C)C)cc1. The van der Waals surface area contributed by atoms with Crippen molar-refractivity contribution >= 4 is 22.5 Å². The second-order valence-corrected chi connectivity index (χ2v) is 7.50. The number of rotatable bonds is 4. The molecule has 0 unspecified atom stereocenters. The maximum atomic E-state index is 6.48. The van der Waals surface area contributed by atoms with E-state index < -0.39 is 0 Å². The highest BCUT2D eigenvalue weighted by Crippen LogP contribution is 2.35. The molecule has 0 saturated heterocycles. The van der Waals surface area contributed by atoms with Gasteiger partial charge in [0.1, 0.15) is 12.0 Å². The second kappa shape index (κ2) is 7.09. The summed E-state index contributed by atoms with van der Waals surface area (Å²) in [6.45, 7) is 8.48. The van der Waals surface area contributed by atoms with Crippen LogP contribution in [-0.4, -0.2) is 14.5 Å². The molecule has 5 nitrogen and oxygen atoms in total. The Hall–Kier alpha value is -3.18. The Morgan fingerprint density at radius 3 is 2.36 bits per heavy atom. The monoisotopic (exact) mass is 371 g/mol. The number of fused-ring (bicyclic) bond motifs is 1. The minimum Gasteiger partial charge on any atom is -0.323 e. The summed E-state index contributed by atoms with van der Waals surface area (Å²) in [5.74, 6) is 7.18. The van der Waals surface area contributed by atoms with Crippen LogP contribution in [0.3, 0.4) is 0 Å². The van der Waals surface area contributed by atoms with Crippen LogP contribution < -0.4 is 10.9 Å². The molecule has 28 heavy (non-hydrogen) atoms. The minimum atomic E-state index is 0.252. The molecule has 2 heterocycles. The Kier molecular flexibility index (Phi) is 4.61. The molecule has 0 saturated carbocycles. The molecule has 2 N–H and O–H groups in total. The molecule has 5 heteroatoms. The molecule has 0 aliphatic rings. The van der Waals surface area contributed by atoms with Gasteiger partial charge in [-0.2, -0.15) is 0 Å². The van der Waals surface area contributed by atoms with E-state index in [1.54, 1.807) is 11.3 Å². The molecule has 0 atom stereocenters. The van der Waals surface area contributed by atoms with E-state index in [0.29, 0.717) is 5.82 Å². The summed E-state index contributed by atoms with van der Waals surface area (Å²) in [6, 6.07) is 19.0. The van der Waals surface area contributed by atoms with Crippen molar-refractivity contribution in [2.24, 2.45) is 5.84 Å². The van der Waals surface area contributed by atoms with Crippen molar-refractivity contribution in [2.45, 2.75) is 33.7 Å². The first kappa shape index (κ1) is 18.2. The van der Waals surface area contributed by atoms with Gasteiger partial charge in [-0.3, -0.25) is 5.01 Å². The Morgan fingerprint density at radius 2 is 1.68 bits per heavy atom. The summed E-state index contributed by atoms with van der Waals surface area (Å²) in [5, 5.41) is 2.58. The maximum Gasteiger partial charge on any atom is 0.160 e. The van der Waals surface area contributed by atoms with Crippen molar-refractivity contribution in [2.75, 3.05) is 5.01 Å². The van der Waals surface area contributed by atoms with Gasteiger partial charge in [-0.1, -0.05) is 42.0 Å². The first-order valence-electron chi connectivity index (χ1n) is 9.50. The minimum absolute atomic E-state index is 0.252. The van der Waals surface area contributed by atoms with Crippen LogP contribution in [0.5, 0.6) is 0 Å². The molecule has 0 spiro atoms. The topological polar surface area (TPSA) is 60.0 Å². The van der Waals surface area contributed by atoms with E-state index in [-0.39, 0.29) is 6.04 Å². The molecule has 0 amide bonds. The Balaban J connectivity index is 1.93. The van der Waals surface area contributed by atoms with Gasteiger partial charge in [0.2, 0.25) is 0 Å². The number of hydrogen-bond acceptors (Lipinski definition) is 4. The fraction of sp³-hybridized carbons (Fsp3) is 0.217. The zero-order valence-electron chi connectivity index (χ0n) is 16.7. The molecule has 2 aromatic heterocycles. The molecule has 2 aromatic carbocycles. The number of hydrogen-bond donors (Lipinski definition) is 1. The number of aromatic nitrogens is 3. The molecule has 142 valence electrons. The molecule has 4 rings (SSSR count). The molecule has 0 aliphatic heterocycles. The number of nitrogens with zero attached hydrogens (tertiary/aromatic N) is 4. The lowest BCUT2D eigenvalue weighted by atomic mass is 10.1. The zero-order valence-corrected chi connectivity index (χ0v) is 16.7. The van der Waals surface area contributed by atoms with Gasteiger partial charge in [0.15, 0.2) is 5.82 Å². The van der Waals surface area contributed by atoms with Crippen LogP contribution in [0.4, 0.5) is 11.5 Å². The lowest BCUT2D eigenvalue weighted by Crippen LogP contribution is -2.26. The van der Waals surface area contributed by atoms with Gasteiger partial charge in [-0.25, -0.2) is 15.8 Å². The van der Waals surface area contributed by atoms with Gasteiger partial charge in [0, 0.05) is 6.04 Å². The first-order valence-corrected chi connectivity index (χ1v) is 9.50. The predicted octanol–water partition coefficient (Wildman–Crippen LogP) is 5.31. The molecular weight excluding hydrogens is 346 g/mol. The van der Waals surface area contributed by atoms with Gasteiger partial charge < -0.3 is 4.57 Å². The molecule has 0 fully saturated rings. The van der Waals surface area contributed by atoms with E-state index in [1.807, 2.05) is 18.2 Å². The largest absolute Gasteiger partial charge is 0.323 e. The molecular formula is C23H25N5. The van der Waals surface area contributed by atoms with Gasteiger partial charge in [-0.05, 0) is 57.0 Å². The van der Waals surface area contributed by atoms with Gasteiger partial charge in [0.05, 0.1) is 16.8 Å². The van der Waals surface area contributed by atoms with Crippen molar-refractivity contribution in [1.82, 2.24) is 14.5 Å². The van der Waals surface area contributed by atoms with Crippen molar-refractivity contribution in [3.63, 3.8) is 0 Å². The lowest BCUT2D eigenvalue weighted by Gasteiger charge is -2.19. The van der Waals surface area contributed by atoms with E-state index in [4.69, 9.17) is 5.84 Å². The van der Waals surface area contributed by atoms with Crippen LogP contribution in [-0.2, 0) is 0 Å². The standard InChI is InChI=1S/C23H25N5/c1-15(2)27-21(18-10-8-16(3)9-11-18)13-20-22(27)25-14-26-23(20)28(24)19-7-5-6-17(4)12-19/h5-15H,24H2,1-4H3. The Bertz CT molecular complexity index is 1130. The van der Waals surface area contributed by atoms with E-state index in [1.165, 1.54) is 5.56 Å². The average Bonchev–Trinajstić information content (AvgIpc) is 3.08. The van der Waals surface area contributed by atoms with Gasteiger partial charge >= 0.3 is 0 Å². The summed E-state index contributed by atoms with van der Waals surface area (Å²) in [7, 11) is 0. The highest BCUT2D eigenvalue weighted by Gasteiger charge is 2.19. The van der Waals surface area contributed by atoms with E-state index in [0.717, 1.165) is 33.5 Å². The van der Waals surface area contributed by atoms with Crippen LogP contribution >= 0.6 is 0 Å². The van der Waals surface area contributed by atoms with Crippen LogP contribution in [0.2, 0.25) is 0 Å². The fourth-order valence-electron chi connectivity index (χ4n) is 3.58. The third-order valence-corrected chi connectivity index (χ3v) is 4.98. The van der Waals surface area contributed by atoms with Crippen molar-refractivity contribution in [3.05, 3.63) is 72.1 Å². The van der Waals surface area contributed by atoms with Crippen molar-refractivity contribution in [1.29, 1.82) is 0 Å².